The number of anilines is 1. The van der Waals surface area contributed by atoms with Crippen molar-refractivity contribution in [3.8, 4) is 5.75 Å². The smallest absolute Gasteiger partial charge is 0.179 e. The molecule has 1 aromatic rings. The number of fused-ring (bicyclic) bond motifs is 1. The van der Waals surface area contributed by atoms with Crippen LogP contribution in [0.25, 0.3) is 0 Å². The maximum atomic E-state index is 12.4. The number of benzene rings is 1. The standard InChI is InChI=1S/C16H22N2O2/c1-16(2)10-18(3)13-9-11(6-7-14(13)20-16)15(19)12-5-4-8-17-12/h6-7,9,12,17H,4-5,8,10H2,1-3H3. The van der Waals surface area contributed by atoms with Crippen molar-refractivity contribution < 1.29 is 9.53 Å². The highest BCUT2D eigenvalue weighted by Gasteiger charge is 2.31. The Labute approximate surface area is 120 Å². The Morgan fingerprint density at radius 2 is 2.25 bits per heavy atom. The van der Waals surface area contributed by atoms with Gasteiger partial charge in [0.2, 0.25) is 0 Å². The molecule has 2 aliphatic rings. The van der Waals surface area contributed by atoms with Gasteiger partial charge in [0.25, 0.3) is 0 Å². The molecule has 2 heterocycles. The Morgan fingerprint density at radius 1 is 1.45 bits per heavy atom. The lowest BCUT2D eigenvalue weighted by Crippen LogP contribution is -2.45. The molecule has 0 saturated carbocycles. The van der Waals surface area contributed by atoms with Crippen molar-refractivity contribution in [2.75, 3.05) is 25.0 Å². The summed E-state index contributed by atoms with van der Waals surface area (Å²) in [5.41, 5.74) is 1.59. The predicted molar refractivity (Wildman–Crippen MR) is 79.8 cm³/mol. The van der Waals surface area contributed by atoms with Crippen LogP contribution in [0.1, 0.15) is 37.0 Å². The Balaban J connectivity index is 1.89. The summed E-state index contributed by atoms with van der Waals surface area (Å²) >= 11 is 0. The first kappa shape index (κ1) is 13.4. The zero-order chi connectivity index (χ0) is 14.3. The molecule has 0 spiro atoms. The van der Waals surface area contributed by atoms with Crippen LogP contribution in [-0.2, 0) is 0 Å². The summed E-state index contributed by atoms with van der Waals surface area (Å²) in [6.45, 7) is 5.92. The minimum atomic E-state index is -0.194. The van der Waals surface area contributed by atoms with Crippen LogP contribution in [0.5, 0.6) is 5.75 Å². The number of ketones is 1. The van der Waals surface area contributed by atoms with Crippen molar-refractivity contribution in [1.82, 2.24) is 5.32 Å². The summed E-state index contributed by atoms with van der Waals surface area (Å²) in [4.78, 5) is 14.6. The van der Waals surface area contributed by atoms with Crippen molar-refractivity contribution in [2.24, 2.45) is 0 Å². The van der Waals surface area contributed by atoms with Gasteiger partial charge in [0, 0.05) is 12.6 Å². The average molecular weight is 274 g/mol. The Kier molecular flexibility index (Phi) is 3.21. The molecule has 0 aromatic heterocycles. The number of rotatable bonds is 2. The van der Waals surface area contributed by atoms with Crippen LogP contribution in [0, 0.1) is 0 Å². The van der Waals surface area contributed by atoms with Crippen molar-refractivity contribution in [3.63, 3.8) is 0 Å². The third kappa shape index (κ3) is 2.40. The first-order valence-corrected chi connectivity index (χ1v) is 7.28. The van der Waals surface area contributed by atoms with E-state index in [1.807, 2.05) is 25.2 Å². The Hall–Kier alpha value is -1.55. The van der Waals surface area contributed by atoms with E-state index < -0.39 is 0 Å². The van der Waals surface area contributed by atoms with Gasteiger partial charge in [-0.1, -0.05) is 0 Å². The molecular formula is C16H22N2O2. The minimum Gasteiger partial charge on any atom is -0.484 e. The van der Waals surface area contributed by atoms with E-state index in [-0.39, 0.29) is 17.4 Å². The molecule has 1 atom stereocenters. The highest BCUT2D eigenvalue weighted by atomic mass is 16.5. The topological polar surface area (TPSA) is 41.6 Å². The molecule has 1 unspecified atom stereocenters. The normalized spacial score (nSPS) is 24.1. The van der Waals surface area contributed by atoms with E-state index in [9.17, 15) is 4.79 Å². The van der Waals surface area contributed by atoms with E-state index in [1.54, 1.807) is 0 Å². The van der Waals surface area contributed by atoms with Gasteiger partial charge >= 0.3 is 0 Å². The van der Waals surface area contributed by atoms with Crippen LogP contribution in [0.4, 0.5) is 5.69 Å². The first-order valence-electron chi connectivity index (χ1n) is 7.28. The maximum absolute atomic E-state index is 12.4. The van der Waals surface area contributed by atoms with Crippen LogP contribution in [0.15, 0.2) is 18.2 Å². The molecule has 1 aromatic carbocycles. The van der Waals surface area contributed by atoms with Crippen LogP contribution < -0.4 is 15.0 Å². The molecule has 1 fully saturated rings. The summed E-state index contributed by atoms with van der Waals surface area (Å²) in [5, 5.41) is 3.26. The molecule has 4 nitrogen and oxygen atoms in total. The molecule has 3 rings (SSSR count). The molecular weight excluding hydrogens is 252 g/mol. The summed E-state index contributed by atoms with van der Waals surface area (Å²) in [5.74, 6) is 1.06. The van der Waals surface area contributed by atoms with Gasteiger partial charge in [0.1, 0.15) is 11.4 Å². The molecule has 0 amide bonds. The fourth-order valence-electron chi connectivity index (χ4n) is 3.15. The fourth-order valence-corrected chi connectivity index (χ4v) is 3.15. The molecule has 0 radical (unpaired) electrons. The fraction of sp³-hybridized carbons (Fsp3) is 0.562. The second-order valence-corrected chi connectivity index (χ2v) is 6.41. The van der Waals surface area contributed by atoms with E-state index in [1.165, 1.54) is 0 Å². The van der Waals surface area contributed by atoms with Gasteiger partial charge in [-0.15, -0.1) is 0 Å². The second kappa shape index (κ2) is 4.77. The van der Waals surface area contributed by atoms with Crippen molar-refractivity contribution >= 4 is 11.5 Å². The third-order valence-electron chi connectivity index (χ3n) is 4.04. The van der Waals surface area contributed by atoms with Gasteiger partial charge in [0.05, 0.1) is 18.3 Å². The third-order valence-corrected chi connectivity index (χ3v) is 4.04. The van der Waals surface area contributed by atoms with Gasteiger partial charge in [-0.2, -0.15) is 0 Å². The van der Waals surface area contributed by atoms with Gasteiger partial charge in [0.15, 0.2) is 5.78 Å². The zero-order valence-corrected chi connectivity index (χ0v) is 12.4. The van der Waals surface area contributed by atoms with Crippen LogP contribution in [-0.4, -0.2) is 37.6 Å². The summed E-state index contributed by atoms with van der Waals surface area (Å²) < 4.78 is 5.98. The van der Waals surface area contributed by atoms with Crippen LogP contribution in [0.3, 0.4) is 0 Å². The molecule has 1 saturated heterocycles. The van der Waals surface area contributed by atoms with Crippen molar-refractivity contribution in [1.29, 1.82) is 0 Å². The van der Waals surface area contributed by atoms with E-state index in [4.69, 9.17) is 4.74 Å². The molecule has 20 heavy (non-hydrogen) atoms. The number of carbonyl (C=O) groups is 1. The summed E-state index contributed by atoms with van der Waals surface area (Å²) in [6, 6.07) is 5.76. The number of carbonyl (C=O) groups excluding carboxylic acids is 1. The average Bonchev–Trinajstić information content (AvgIpc) is 2.90. The molecule has 0 bridgehead atoms. The van der Waals surface area contributed by atoms with Gasteiger partial charge < -0.3 is 15.0 Å². The number of nitrogens with one attached hydrogen (secondary N) is 1. The number of hydrogen-bond acceptors (Lipinski definition) is 4. The van der Waals surface area contributed by atoms with E-state index >= 15 is 0 Å². The monoisotopic (exact) mass is 274 g/mol. The van der Waals surface area contributed by atoms with E-state index in [0.29, 0.717) is 0 Å². The zero-order valence-electron chi connectivity index (χ0n) is 12.4. The molecule has 0 aliphatic carbocycles. The minimum absolute atomic E-state index is 0.0145. The van der Waals surface area contributed by atoms with Crippen LogP contribution >= 0.6 is 0 Å². The lowest BCUT2D eigenvalue weighted by molar-refractivity contribution is 0.0951. The Bertz CT molecular complexity index is 533. The summed E-state index contributed by atoms with van der Waals surface area (Å²) in [7, 11) is 2.05. The summed E-state index contributed by atoms with van der Waals surface area (Å²) in [6.07, 6.45) is 2.02. The van der Waals surface area contributed by atoms with Gasteiger partial charge in [-0.25, -0.2) is 0 Å². The lowest BCUT2D eigenvalue weighted by Gasteiger charge is -2.39. The Morgan fingerprint density at radius 3 is 2.95 bits per heavy atom. The molecule has 108 valence electrons. The van der Waals surface area contributed by atoms with Gasteiger partial charge in [-0.3, -0.25) is 4.79 Å². The largest absolute Gasteiger partial charge is 0.484 e. The number of likely N-dealkylation sites (N-methyl/N-ethyl adjacent to an activating group) is 1. The molecule has 2 aliphatic heterocycles. The van der Waals surface area contributed by atoms with E-state index in [2.05, 4.69) is 24.1 Å². The number of Topliss-reactive ketones (excluding diaryl/α,β-unsaturated/α-hetero) is 1. The quantitative estimate of drug-likeness (QED) is 0.840. The SMILES string of the molecule is CN1CC(C)(C)Oc2ccc(C(=O)C3CCCN3)cc21. The molecule has 4 heteroatoms. The lowest BCUT2D eigenvalue weighted by atomic mass is 10.00. The number of nitrogens with zero attached hydrogens (tertiary/aromatic N) is 1. The van der Waals surface area contributed by atoms with E-state index in [0.717, 1.165) is 42.9 Å². The number of ether oxygens (including phenoxy) is 1. The number of hydrogen-bond donors (Lipinski definition) is 1. The first-order chi connectivity index (χ1) is 9.46. The van der Waals surface area contributed by atoms with Crippen molar-refractivity contribution in [3.05, 3.63) is 23.8 Å². The van der Waals surface area contributed by atoms with Gasteiger partial charge in [-0.05, 0) is 51.4 Å². The maximum Gasteiger partial charge on any atom is 0.179 e. The highest BCUT2D eigenvalue weighted by molar-refractivity contribution is 6.01. The predicted octanol–water partition coefficient (Wildman–Crippen LogP) is 2.23. The highest BCUT2D eigenvalue weighted by Crippen LogP contribution is 2.37. The van der Waals surface area contributed by atoms with Crippen LogP contribution in [0.2, 0.25) is 0 Å². The molecule has 1 N–H and O–H groups in total. The second-order valence-electron chi connectivity index (χ2n) is 6.41. The van der Waals surface area contributed by atoms with Crippen molar-refractivity contribution in [2.45, 2.75) is 38.3 Å².